The number of aryl methyl sites for hydroxylation is 1. The molecule has 0 aromatic heterocycles. The molecule has 0 spiro atoms. The van der Waals surface area contributed by atoms with Crippen LogP contribution < -0.4 is 4.72 Å². The van der Waals surface area contributed by atoms with Crippen molar-refractivity contribution in [3.63, 3.8) is 0 Å². The second kappa shape index (κ2) is 6.67. The quantitative estimate of drug-likeness (QED) is 0.754. The van der Waals surface area contributed by atoms with Crippen LogP contribution in [0.25, 0.3) is 0 Å². The van der Waals surface area contributed by atoms with Crippen LogP contribution in [0.2, 0.25) is 0 Å². The standard InChI is InChI=1S/C14H21NO4S/c1-11-2-4-12(5-3-11)14(19-9-8-16)10-15-20(17,18)13-6-7-13/h2-5,13-16H,6-10H2,1H3/t14-/m0/s1. The summed E-state index contributed by atoms with van der Waals surface area (Å²) in [7, 11) is -3.22. The van der Waals surface area contributed by atoms with Crippen LogP contribution in [0, 0.1) is 6.92 Å². The fourth-order valence-electron chi connectivity index (χ4n) is 1.94. The van der Waals surface area contributed by atoms with Crippen molar-refractivity contribution in [1.29, 1.82) is 0 Å². The van der Waals surface area contributed by atoms with Gasteiger partial charge in [0.05, 0.1) is 24.6 Å². The zero-order valence-corrected chi connectivity index (χ0v) is 12.4. The van der Waals surface area contributed by atoms with Crippen LogP contribution >= 0.6 is 0 Å². The molecule has 5 nitrogen and oxygen atoms in total. The maximum absolute atomic E-state index is 11.8. The molecule has 1 aliphatic carbocycles. The van der Waals surface area contributed by atoms with Crippen LogP contribution in [-0.2, 0) is 14.8 Å². The first-order valence-electron chi connectivity index (χ1n) is 6.80. The predicted molar refractivity (Wildman–Crippen MR) is 76.9 cm³/mol. The Labute approximate surface area is 120 Å². The van der Waals surface area contributed by atoms with Crippen molar-refractivity contribution in [2.75, 3.05) is 19.8 Å². The second-order valence-electron chi connectivity index (χ2n) is 5.09. The summed E-state index contributed by atoms with van der Waals surface area (Å²) in [5.74, 6) is 0. The van der Waals surface area contributed by atoms with Crippen molar-refractivity contribution < 1.29 is 18.3 Å². The predicted octanol–water partition coefficient (Wildman–Crippen LogP) is 1.13. The summed E-state index contributed by atoms with van der Waals surface area (Å²) in [5.41, 5.74) is 2.04. The number of hydrogen-bond acceptors (Lipinski definition) is 4. The fraction of sp³-hybridized carbons (Fsp3) is 0.571. The number of ether oxygens (including phenoxy) is 1. The molecule has 6 heteroatoms. The summed E-state index contributed by atoms with van der Waals surface area (Å²) in [6, 6.07) is 7.76. The molecule has 112 valence electrons. The molecule has 0 heterocycles. The molecule has 2 rings (SSSR count). The normalized spacial score (nSPS) is 17.1. The molecule has 1 fully saturated rings. The van der Waals surface area contributed by atoms with E-state index in [0.717, 1.165) is 24.0 Å². The van der Waals surface area contributed by atoms with E-state index < -0.39 is 10.0 Å². The monoisotopic (exact) mass is 299 g/mol. The molecular weight excluding hydrogens is 278 g/mol. The molecule has 1 saturated carbocycles. The molecule has 0 saturated heterocycles. The Morgan fingerprint density at radius 2 is 2.00 bits per heavy atom. The molecular formula is C14H21NO4S. The molecule has 1 atom stereocenters. The zero-order chi connectivity index (χ0) is 14.6. The summed E-state index contributed by atoms with van der Waals surface area (Å²) in [6.45, 7) is 2.28. The summed E-state index contributed by atoms with van der Waals surface area (Å²) >= 11 is 0. The van der Waals surface area contributed by atoms with Crippen LogP contribution in [0.15, 0.2) is 24.3 Å². The minimum Gasteiger partial charge on any atom is -0.394 e. The summed E-state index contributed by atoms with van der Waals surface area (Å²) < 4.78 is 31.8. The van der Waals surface area contributed by atoms with E-state index in [-0.39, 0.29) is 31.1 Å². The van der Waals surface area contributed by atoms with Gasteiger partial charge in [0.15, 0.2) is 0 Å². The number of sulfonamides is 1. The lowest BCUT2D eigenvalue weighted by Crippen LogP contribution is -2.32. The average Bonchev–Trinajstić information content (AvgIpc) is 3.25. The summed E-state index contributed by atoms with van der Waals surface area (Å²) in [5, 5.41) is 8.63. The minimum atomic E-state index is -3.22. The Morgan fingerprint density at radius 1 is 1.35 bits per heavy atom. The second-order valence-corrected chi connectivity index (χ2v) is 7.13. The Hall–Kier alpha value is -0.950. The maximum atomic E-state index is 11.8. The van der Waals surface area contributed by atoms with Gasteiger partial charge >= 0.3 is 0 Å². The fourth-order valence-corrected chi connectivity index (χ4v) is 3.31. The first kappa shape index (κ1) is 15.4. The van der Waals surface area contributed by atoms with Gasteiger partial charge in [0.2, 0.25) is 10.0 Å². The van der Waals surface area contributed by atoms with Crippen molar-refractivity contribution in [3.05, 3.63) is 35.4 Å². The van der Waals surface area contributed by atoms with Crippen molar-refractivity contribution >= 4 is 10.0 Å². The van der Waals surface area contributed by atoms with E-state index in [9.17, 15) is 8.42 Å². The van der Waals surface area contributed by atoms with Gasteiger partial charge in [-0.05, 0) is 25.3 Å². The van der Waals surface area contributed by atoms with Crippen molar-refractivity contribution in [1.82, 2.24) is 4.72 Å². The summed E-state index contributed by atoms with van der Waals surface area (Å²) in [6.07, 6.45) is 1.10. The highest BCUT2D eigenvalue weighted by Gasteiger charge is 2.35. The molecule has 0 unspecified atom stereocenters. The number of benzene rings is 1. The van der Waals surface area contributed by atoms with Gasteiger partial charge in [-0.25, -0.2) is 13.1 Å². The van der Waals surface area contributed by atoms with Crippen LogP contribution in [0.1, 0.15) is 30.1 Å². The van der Waals surface area contributed by atoms with Crippen LogP contribution in [0.4, 0.5) is 0 Å². The average molecular weight is 299 g/mol. The molecule has 20 heavy (non-hydrogen) atoms. The third-order valence-corrected chi connectivity index (χ3v) is 5.21. The third kappa shape index (κ3) is 4.28. The van der Waals surface area contributed by atoms with Gasteiger partial charge in [0.25, 0.3) is 0 Å². The number of rotatable bonds is 8. The van der Waals surface area contributed by atoms with Crippen molar-refractivity contribution in [3.8, 4) is 0 Å². The molecule has 1 aromatic carbocycles. The Morgan fingerprint density at radius 3 is 2.55 bits per heavy atom. The largest absolute Gasteiger partial charge is 0.394 e. The van der Waals surface area contributed by atoms with Gasteiger partial charge in [-0.3, -0.25) is 0 Å². The maximum Gasteiger partial charge on any atom is 0.214 e. The topological polar surface area (TPSA) is 75.6 Å². The SMILES string of the molecule is Cc1ccc([C@H](CNS(=O)(=O)C2CC2)OCCO)cc1. The van der Waals surface area contributed by atoms with E-state index in [1.54, 1.807) is 0 Å². The van der Waals surface area contributed by atoms with Crippen molar-refractivity contribution in [2.24, 2.45) is 0 Å². The molecule has 0 radical (unpaired) electrons. The molecule has 1 aliphatic rings. The Kier molecular flexibility index (Phi) is 5.15. The van der Waals surface area contributed by atoms with Gasteiger partial charge in [0, 0.05) is 6.54 Å². The van der Waals surface area contributed by atoms with E-state index in [1.165, 1.54) is 0 Å². The minimum absolute atomic E-state index is 0.0856. The molecule has 0 bridgehead atoms. The Balaban J connectivity index is 2.01. The van der Waals surface area contributed by atoms with Gasteiger partial charge in [-0.2, -0.15) is 0 Å². The molecule has 0 amide bonds. The van der Waals surface area contributed by atoms with Gasteiger partial charge in [-0.1, -0.05) is 29.8 Å². The Bertz CT molecular complexity index is 523. The lowest BCUT2D eigenvalue weighted by Gasteiger charge is -2.19. The number of nitrogens with one attached hydrogen (secondary N) is 1. The number of aliphatic hydroxyl groups is 1. The van der Waals surface area contributed by atoms with E-state index in [2.05, 4.69) is 4.72 Å². The first-order chi connectivity index (χ1) is 9.53. The van der Waals surface area contributed by atoms with E-state index in [1.807, 2.05) is 31.2 Å². The van der Waals surface area contributed by atoms with E-state index in [0.29, 0.717) is 0 Å². The molecule has 1 aromatic rings. The lowest BCUT2D eigenvalue weighted by molar-refractivity contribution is 0.0309. The number of aliphatic hydroxyl groups excluding tert-OH is 1. The van der Waals surface area contributed by atoms with Gasteiger partial charge < -0.3 is 9.84 Å². The van der Waals surface area contributed by atoms with Gasteiger partial charge in [-0.15, -0.1) is 0 Å². The third-order valence-electron chi connectivity index (χ3n) is 3.29. The van der Waals surface area contributed by atoms with Gasteiger partial charge in [0.1, 0.15) is 0 Å². The van der Waals surface area contributed by atoms with Crippen LogP contribution in [-0.4, -0.2) is 38.5 Å². The highest BCUT2D eigenvalue weighted by molar-refractivity contribution is 7.90. The lowest BCUT2D eigenvalue weighted by atomic mass is 10.1. The highest BCUT2D eigenvalue weighted by atomic mass is 32.2. The zero-order valence-electron chi connectivity index (χ0n) is 11.6. The van der Waals surface area contributed by atoms with Crippen LogP contribution in [0.3, 0.4) is 0 Å². The van der Waals surface area contributed by atoms with E-state index in [4.69, 9.17) is 9.84 Å². The van der Waals surface area contributed by atoms with E-state index >= 15 is 0 Å². The molecule has 2 N–H and O–H groups in total. The first-order valence-corrected chi connectivity index (χ1v) is 8.35. The number of hydrogen-bond donors (Lipinski definition) is 2. The smallest absolute Gasteiger partial charge is 0.214 e. The van der Waals surface area contributed by atoms with Crippen molar-refractivity contribution in [2.45, 2.75) is 31.1 Å². The molecule has 0 aliphatic heterocycles. The van der Waals surface area contributed by atoms with Crippen LogP contribution in [0.5, 0.6) is 0 Å². The summed E-state index contributed by atoms with van der Waals surface area (Å²) in [4.78, 5) is 0. The highest BCUT2D eigenvalue weighted by Crippen LogP contribution is 2.28.